The second-order valence-electron chi connectivity index (χ2n) is 4.43. The molecule has 0 unspecified atom stereocenters. The zero-order valence-corrected chi connectivity index (χ0v) is 13.2. The first-order valence-corrected chi connectivity index (χ1v) is 7.21. The highest BCUT2D eigenvalue weighted by Gasteiger charge is 2.06. The van der Waals surface area contributed by atoms with Gasteiger partial charge in [0.2, 0.25) is 0 Å². The topological polar surface area (TPSA) is 30.5 Å². The number of halogens is 1. The summed E-state index contributed by atoms with van der Waals surface area (Å²) in [6.07, 6.45) is 0. The summed E-state index contributed by atoms with van der Waals surface area (Å²) >= 11 is 3.42. The summed E-state index contributed by atoms with van der Waals surface area (Å²) in [5, 5.41) is 3.13. The highest BCUT2D eigenvalue weighted by molar-refractivity contribution is 9.10. The molecule has 1 N–H and O–H groups in total. The maximum Gasteiger partial charge on any atom is 0.161 e. The predicted molar refractivity (Wildman–Crippen MR) is 84.2 cm³/mol. The first-order valence-electron chi connectivity index (χ1n) is 6.41. The number of hydrogen-bond acceptors (Lipinski definition) is 3. The number of benzene rings is 2. The van der Waals surface area contributed by atoms with Gasteiger partial charge in [-0.3, -0.25) is 0 Å². The van der Waals surface area contributed by atoms with Crippen LogP contribution < -0.4 is 14.8 Å². The molecule has 0 heterocycles. The molecule has 20 heavy (non-hydrogen) atoms. The molecule has 0 bridgehead atoms. The molecule has 2 aromatic rings. The maximum atomic E-state index is 5.87. The fraction of sp³-hybridized carbons (Fsp3) is 0.250. The van der Waals surface area contributed by atoms with E-state index in [4.69, 9.17) is 9.47 Å². The van der Waals surface area contributed by atoms with E-state index < -0.39 is 0 Å². The van der Waals surface area contributed by atoms with Crippen LogP contribution in [0.1, 0.15) is 11.1 Å². The Bertz CT molecular complexity index is 555. The molecule has 0 fully saturated rings. The van der Waals surface area contributed by atoms with Crippen LogP contribution in [0.3, 0.4) is 0 Å². The number of methoxy groups -OCH3 is 1. The fourth-order valence-corrected chi connectivity index (χ4v) is 2.15. The molecule has 0 atom stereocenters. The lowest BCUT2D eigenvalue weighted by molar-refractivity contribution is 0.284. The van der Waals surface area contributed by atoms with E-state index in [2.05, 4.69) is 21.2 Å². The van der Waals surface area contributed by atoms with E-state index >= 15 is 0 Å². The molecular formula is C16H18BrNO2. The maximum absolute atomic E-state index is 5.87. The Balaban J connectivity index is 2.10. The third-order valence-corrected chi connectivity index (χ3v) is 3.45. The first kappa shape index (κ1) is 14.9. The van der Waals surface area contributed by atoms with Gasteiger partial charge in [-0.05, 0) is 42.4 Å². The van der Waals surface area contributed by atoms with Gasteiger partial charge < -0.3 is 14.8 Å². The molecule has 0 amide bonds. The summed E-state index contributed by atoms with van der Waals surface area (Å²) in [5.41, 5.74) is 2.29. The molecule has 0 aliphatic heterocycles. The van der Waals surface area contributed by atoms with E-state index in [0.29, 0.717) is 6.61 Å². The summed E-state index contributed by atoms with van der Waals surface area (Å²) in [4.78, 5) is 0. The van der Waals surface area contributed by atoms with Gasteiger partial charge in [0.15, 0.2) is 11.5 Å². The van der Waals surface area contributed by atoms with Crippen LogP contribution in [0.15, 0.2) is 46.9 Å². The Labute approximate surface area is 128 Å². The lowest BCUT2D eigenvalue weighted by atomic mass is 10.2. The van der Waals surface area contributed by atoms with Crippen LogP contribution in [-0.2, 0) is 13.2 Å². The van der Waals surface area contributed by atoms with Crippen LogP contribution in [0.25, 0.3) is 0 Å². The number of nitrogens with one attached hydrogen (secondary N) is 1. The molecule has 0 radical (unpaired) electrons. The monoisotopic (exact) mass is 335 g/mol. The van der Waals surface area contributed by atoms with Gasteiger partial charge in [-0.25, -0.2) is 0 Å². The minimum absolute atomic E-state index is 0.520. The van der Waals surface area contributed by atoms with E-state index in [1.165, 1.54) is 5.56 Å². The summed E-state index contributed by atoms with van der Waals surface area (Å²) in [6.45, 7) is 1.32. The van der Waals surface area contributed by atoms with Crippen molar-refractivity contribution < 1.29 is 9.47 Å². The van der Waals surface area contributed by atoms with Crippen molar-refractivity contribution in [3.8, 4) is 11.5 Å². The van der Waals surface area contributed by atoms with Crippen molar-refractivity contribution in [2.75, 3.05) is 14.2 Å². The van der Waals surface area contributed by atoms with Crippen molar-refractivity contribution in [1.82, 2.24) is 5.32 Å². The van der Waals surface area contributed by atoms with Gasteiger partial charge in [-0.2, -0.15) is 0 Å². The quantitative estimate of drug-likeness (QED) is 0.871. The van der Waals surface area contributed by atoms with E-state index in [1.54, 1.807) is 7.11 Å². The summed E-state index contributed by atoms with van der Waals surface area (Å²) in [7, 11) is 3.58. The Morgan fingerprint density at radius 3 is 2.35 bits per heavy atom. The van der Waals surface area contributed by atoms with Crippen molar-refractivity contribution in [3.63, 3.8) is 0 Å². The van der Waals surface area contributed by atoms with Crippen LogP contribution in [-0.4, -0.2) is 14.2 Å². The Morgan fingerprint density at radius 1 is 1.00 bits per heavy atom. The Hall–Kier alpha value is -1.52. The minimum atomic E-state index is 0.520. The van der Waals surface area contributed by atoms with E-state index in [9.17, 15) is 0 Å². The van der Waals surface area contributed by atoms with Crippen LogP contribution in [0.5, 0.6) is 11.5 Å². The summed E-state index contributed by atoms with van der Waals surface area (Å²) < 4.78 is 12.3. The van der Waals surface area contributed by atoms with Crippen LogP contribution in [0.2, 0.25) is 0 Å². The predicted octanol–water partition coefficient (Wildman–Crippen LogP) is 3.76. The zero-order chi connectivity index (χ0) is 14.4. The number of rotatable bonds is 6. The molecule has 0 saturated heterocycles. The number of hydrogen-bond donors (Lipinski definition) is 1. The fourth-order valence-electron chi connectivity index (χ4n) is 1.89. The lowest BCUT2D eigenvalue weighted by Crippen LogP contribution is -2.05. The number of ether oxygens (including phenoxy) is 2. The van der Waals surface area contributed by atoms with Crippen molar-refractivity contribution in [3.05, 3.63) is 58.1 Å². The van der Waals surface area contributed by atoms with Gasteiger partial charge in [0.05, 0.1) is 7.11 Å². The molecule has 0 aliphatic carbocycles. The standard InChI is InChI=1S/C16H18BrNO2/c1-18-10-13-5-8-15(19-2)16(9-13)20-11-12-3-6-14(17)7-4-12/h3-9,18H,10-11H2,1-2H3. The molecule has 0 spiro atoms. The highest BCUT2D eigenvalue weighted by atomic mass is 79.9. The SMILES string of the molecule is CNCc1ccc(OC)c(OCc2ccc(Br)cc2)c1. The molecular weight excluding hydrogens is 318 g/mol. The van der Waals surface area contributed by atoms with Crippen molar-refractivity contribution in [1.29, 1.82) is 0 Å². The Morgan fingerprint density at radius 2 is 1.70 bits per heavy atom. The van der Waals surface area contributed by atoms with Crippen molar-refractivity contribution in [2.45, 2.75) is 13.2 Å². The molecule has 4 heteroatoms. The molecule has 2 aromatic carbocycles. The molecule has 3 nitrogen and oxygen atoms in total. The van der Waals surface area contributed by atoms with Gasteiger partial charge in [-0.1, -0.05) is 34.1 Å². The second kappa shape index (κ2) is 7.31. The van der Waals surface area contributed by atoms with Crippen LogP contribution >= 0.6 is 15.9 Å². The van der Waals surface area contributed by atoms with Gasteiger partial charge >= 0.3 is 0 Å². The van der Waals surface area contributed by atoms with Gasteiger partial charge in [0.1, 0.15) is 6.61 Å². The largest absolute Gasteiger partial charge is 0.493 e. The van der Waals surface area contributed by atoms with Gasteiger partial charge in [0.25, 0.3) is 0 Å². The molecule has 0 saturated carbocycles. The third-order valence-electron chi connectivity index (χ3n) is 2.92. The van der Waals surface area contributed by atoms with Crippen LogP contribution in [0, 0.1) is 0 Å². The third kappa shape index (κ3) is 3.99. The minimum Gasteiger partial charge on any atom is -0.493 e. The van der Waals surface area contributed by atoms with E-state index in [-0.39, 0.29) is 0 Å². The molecule has 0 aromatic heterocycles. The molecule has 0 aliphatic rings. The van der Waals surface area contributed by atoms with Crippen molar-refractivity contribution >= 4 is 15.9 Å². The normalized spacial score (nSPS) is 10.3. The van der Waals surface area contributed by atoms with E-state index in [0.717, 1.165) is 28.1 Å². The van der Waals surface area contributed by atoms with Crippen molar-refractivity contribution in [2.24, 2.45) is 0 Å². The average molecular weight is 336 g/mol. The van der Waals surface area contributed by atoms with Gasteiger partial charge in [0, 0.05) is 11.0 Å². The van der Waals surface area contributed by atoms with Gasteiger partial charge in [-0.15, -0.1) is 0 Å². The summed E-state index contributed by atoms with van der Waals surface area (Å²) in [5.74, 6) is 1.52. The second-order valence-corrected chi connectivity index (χ2v) is 5.35. The van der Waals surface area contributed by atoms with Crippen LogP contribution in [0.4, 0.5) is 0 Å². The van der Waals surface area contributed by atoms with E-state index in [1.807, 2.05) is 49.5 Å². The molecule has 106 valence electrons. The lowest BCUT2D eigenvalue weighted by Gasteiger charge is -2.12. The molecule has 2 rings (SSSR count). The smallest absolute Gasteiger partial charge is 0.161 e. The summed E-state index contributed by atoms with van der Waals surface area (Å²) in [6, 6.07) is 14.1. The zero-order valence-electron chi connectivity index (χ0n) is 11.7. The highest BCUT2D eigenvalue weighted by Crippen LogP contribution is 2.29. The average Bonchev–Trinajstić information content (AvgIpc) is 2.47. The first-order chi connectivity index (χ1) is 9.72. The Kier molecular flexibility index (Phi) is 5.44.